The van der Waals surface area contributed by atoms with E-state index in [2.05, 4.69) is 18.7 Å². The molecule has 2 aliphatic rings. The molecule has 1 fully saturated rings. The Kier molecular flexibility index (Phi) is 3.31. The fourth-order valence-corrected chi connectivity index (χ4v) is 4.21. The van der Waals surface area contributed by atoms with E-state index in [1.165, 1.54) is 0 Å². The third-order valence-electron chi connectivity index (χ3n) is 4.16. The number of rotatable bonds is 2. The number of thiazole rings is 1. The molecular formula is C14H22N2O2S. The van der Waals surface area contributed by atoms with Crippen LogP contribution >= 0.6 is 11.3 Å². The van der Waals surface area contributed by atoms with Gasteiger partial charge < -0.3 is 14.7 Å². The number of methoxy groups -OCH3 is 1. The number of anilines is 1. The van der Waals surface area contributed by atoms with Crippen LogP contribution < -0.4 is 4.90 Å². The summed E-state index contributed by atoms with van der Waals surface area (Å²) in [6, 6.07) is 0. The Morgan fingerprint density at radius 3 is 2.95 bits per heavy atom. The fraction of sp³-hybridized carbons (Fsp3) is 0.786. The zero-order valence-electron chi connectivity index (χ0n) is 11.8. The summed E-state index contributed by atoms with van der Waals surface area (Å²) in [4.78, 5) is 8.14. The number of ether oxygens (including phenoxy) is 1. The number of fused-ring (bicyclic) bond motifs is 1. The Morgan fingerprint density at radius 1 is 1.47 bits per heavy atom. The molecule has 0 spiro atoms. The minimum atomic E-state index is -0.342. The van der Waals surface area contributed by atoms with Crippen LogP contribution in [0.3, 0.4) is 0 Å². The van der Waals surface area contributed by atoms with Gasteiger partial charge in [-0.2, -0.15) is 0 Å². The Balaban J connectivity index is 1.83. The van der Waals surface area contributed by atoms with E-state index in [0.29, 0.717) is 6.10 Å². The monoisotopic (exact) mass is 282 g/mol. The SMILES string of the molecule is COC1CCN(c2nc3c(s2)C(O)CC(C)(C)C3)C1. The second-order valence-electron chi connectivity index (χ2n) is 6.46. The highest BCUT2D eigenvalue weighted by Crippen LogP contribution is 2.45. The van der Waals surface area contributed by atoms with Crippen molar-refractivity contribution in [2.75, 3.05) is 25.1 Å². The lowest BCUT2D eigenvalue weighted by atomic mass is 9.77. The predicted octanol–water partition coefficient (Wildman–Crippen LogP) is 2.37. The molecule has 3 rings (SSSR count). The van der Waals surface area contributed by atoms with Crippen LogP contribution in [0.4, 0.5) is 5.13 Å². The highest BCUT2D eigenvalue weighted by Gasteiger charge is 2.35. The highest BCUT2D eigenvalue weighted by atomic mass is 32.1. The van der Waals surface area contributed by atoms with Crippen molar-refractivity contribution in [1.29, 1.82) is 0 Å². The van der Waals surface area contributed by atoms with Crippen molar-refractivity contribution in [2.24, 2.45) is 5.41 Å². The number of hydrogen-bond acceptors (Lipinski definition) is 5. The van der Waals surface area contributed by atoms with Crippen molar-refractivity contribution < 1.29 is 9.84 Å². The molecule has 2 heterocycles. The molecule has 2 unspecified atom stereocenters. The average Bonchev–Trinajstić information content (AvgIpc) is 2.92. The van der Waals surface area contributed by atoms with Gasteiger partial charge in [-0.3, -0.25) is 0 Å². The lowest BCUT2D eigenvalue weighted by Gasteiger charge is -2.31. The van der Waals surface area contributed by atoms with Gasteiger partial charge in [0.2, 0.25) is 0 Å². The summed E-state index contributed by atoms with van der Waals surface area (Å²) in [5.74, 6) is 0. The van der Waals surface area contributed by atoms with Crippen molar-refractivity contribution in [1.82, 2.24) is 4.98 Å². The van der Waals surface area contributed by atoms with Gasteiger partial charge in [0.05, 0.1) is 22.8 Å². The summed E-state index contributed by atoms with van der Waals surface area (Å²) in [7, 11) is 1.77. The van der Waals surface area contributed by atoms with E-state index in [9.17, 15) is 5.11 Å². The molecule has 2 atom stereocenters. The Hall–Kier alpha value is -0.650. The van der Waals surface area contributed by atoms with E-state index in [1.807, 2.05) is 0 Å². The van der Waals surface area contributed by atoms with Gasteiger partial charge >= 0.3 is 0 Å². The van der Waals surface area contributed by atoms with Gasteiger partial charge in [0.25, 0.3) is 0 Å². The molecule has 0 radical (unpaired) electrons. The molecule has 5 heteroatoms. The first kappa shape index (κ1) is 13.3. The van der Waals surface area contributed by atoms with Gasteiger partial charge in [-0.1, -0.05) is 25.2 Å². The molecule has 106 valence electrons. The first-order chi connectivity index (χ1) is 8.98. The third kappa shape index (κ3) is 2.51. The summed E-state index contributed by atoms with van der Waals surface area (Å²) in [5, 5.41) is 11.3. The van der Waals surface area contributed by atoms with E-state index < -0.39 is 0 Å². The van der Waals surface area contributed by atoms with Crippen molar-refractivity contribution in [3.05, 3.63) is 10.6 Å². The van der Waals surface area contributed by atoms with Crippen LogP contribution in [0.2, 0.25) is 0 Å². The van der Waals surface area contributed by atoms with Gasteiger partial charge in [0.15, 0.2) is 5.13 Å². The maximum absolute atomic E-state index is 10.3. The van der Waals surface area contributed by atoms with E-state index in [1.54, 1.807) is 18.4 Å². The molecule has 1 aromatic heterocycles. The standard InChI is InChI=1S/C14H22N2O2S/c1-14(2)6-10-12(11(17)7-14)19-13(15-10)16-5-4-9(8-16)18-3/h9,11,17H,4-8H2,1-3H3. The van der Waals surface area contributed by atoms with Crippen molar-refractivity contribution in [2.45, 2.75) is 45.3 Å². The summed E-state index contributed by atoms with van der Waals surface area (Å²) in [6.45, 7) is 6.33. The van der Waals surface area contributed by atoms with Crippen molar-refractivity contribution >= 4 is 16.5 Å². The summed E-state index contributed by atoms with van der Waals surface area (Å²) >= 11 is 1.66. The van der Waals surface area contributed by atoms with Crippen LogP contribution in [0, 0.1) is 5.41 Å². The second-order valence-corrected chi connectivity index (χ2v) is 7.47. The Bertz CT molecular complexity index is 472. The predicted molar refractivity (Wildman–Crippen MR) is 76.8 cm³/mol. The second kappa shape index (κ2) is 4.72. The Labute approximate surface area is 118 Å². The number of nitrogens with zero attached hydrogens (tertiary/aromatic N) is 2. The molecule has 0 aromatic carbocycles. The molecule has 1 aliphatic carbocycles. The summed E-state index contributed by atoms with van der Waals surface area (Å²) < 4.78 is 5.40. The summed E-state index contributed by atoms with van der Waals surface area (Å²) in [5.41, 5.74) is 1.25. The van der Waals surface area contributed by atoms with Gasteiger partial charge in [0.1, 0.15) is 0 Å². The molecule has 4 nitrogen and oxygen atoms in total. The van der Waals surface area contributed by atoms with Crippen LogP contribution in [0.25, 0.3) is 0 Å². The number of aliphatic hydroxyl groups excluding tert-OH is 1. The van der Waals surface area contributed by atoms with Crippen LogP contribution in [0.5, 0.6) is 0 Å². The fourth-order valence-electron chi connectivity index (χ4n) is 3.11. The van der Waals surface area contributed by atoms with E-state index >= 15 is 0 Å². The molecule has 1 aromatic rings. The smallest absolute Gasteiger partial charge is 0.185 e. The number of aliphatic hydroxyl groups is 1. The van der Waals surface area contributed by atoms with Gasteiger partial charge in [-0.25, -0.2) is 4.98 Å². The summed E-state index contributed by atoms with van der Waals surface area (Å²) in [6.07, 6.45) is 2.85. The molecule has 19 heavy (non-hydrogen) atoms. The minimum absolute atomic E-state index is 0.151. The largest absolute Gasteiger partial charge is 0.387 e. The van der Waals surface area contributed by atoms with Crippen LogP contribution in [0.1, 0.15) is 43.4 Å². The van der Waals surface area contributed by atoms with Gasteiger partial charge in [-0.15, -0.1) is 0 Å². The maximum Gasteiger partial charge on any atom is 0.185 e. The maximum atomic E-state index is 10.3. The minimum Gasteiger partial charge on any atom is -0.387 e. The molecule has 1 N–H and O–H groups in total. The number of aromatic nitrogens is 1. The zero-order chi connectivity index (χ0) is 13.6. The van der Waals surface area contributed by atoms with Crippen LogP contribution in [-0.2, 0) is 11.2 Å². The van der Waals surface area contributed by atoms with E-state index in [-0.39, 0.29) is 11.5 Å². The number of hydrogen-bond donors (Lipinski definition) is 1. The average molecular weight is 282 g/mol. The van der Waals surface area contributed by atoms with Crippen LogP contribution in [0.15, 0.2) is 0 Å². The van der Waals surface area contributed by atoms with E-state index in [4.69, 9.17) is 9.72 Å². The topological polar surface area (TPSA) is 45.6 Å². The molecule has 0 amide bonds. The molecule has 1 aliphatic heterocycles. The van der Waals surface area contributed by atoms with Gasteiger partial charge in [-0.05, 0) is 24.7 Å². The first-order valence-corrected chi connectivity index (χ1v) is 7.75. The molecular weight excluding hydrogens is 260 g/mol. The first-order valence-electron chi connectivity index (χ1n) is 6.94. The van der Waals surface area contributed by atoms with E-state index in [0.717, 1.165) is 48.1 Å². The van der Waals surface area contributed by atoms with Crippen molar-refractivity contribution in [3.63, 3.8) is 0 Å². The molecule has 1 saturated heterocycles. The molecule has 0 bridgehead atoms. The van der Waals surface area contributed by atoms with Crippen LogP contribution in [-0.4, -0.2) is 36.4 Å². The lowest BCUT2D eigenvalue weighted by Crippen LogP contribution is -2.25. The van der Waals surface area contributed by atoms with Crippen molar-refractivity contribution in [3.8, 4) is 0 Å². The quantitative estimate of drug-likeness (QED) is 0.904. The zero-order valence-corrected chi connectivity index (χ0v) is 12.7. The third-order valence-corrected chi connectivity index (χ3v) is 5.42. The normalized spacial score (nSPS) is 29.6. The molecule has 0 saturated carbocycles. The Morgan fingerprint density at radius 2 is 2.26 bits per heavy atom. The lowest BCUT2D eigenvalue weighted by molar-refractivity contribution is 0.102. The highest BCUT2D eigenvalue weighted by molar-refractivity contribution is 7.15. The van der Waals surface area contributed by atoms with Gasteiger partial charge in [0, 0.05) is 20.2 Å².